The smallest absolute Gasteiger partial charge is 0.184 e. The molecule has 3 nitrogen and oxygen atoms in total. The first-order valence-electron chi connectivity index (χ1n) is 3.79. The average Bonchev–Trinajstić information content (AvgIpc) is 2.48. The highest BCUT2D eigenvalue weighted by Crippen LogP contribution is 2.20. The molecule has 66 valence electrons. The lowest BCUT2D eigenvalue weighted by Gasteiger charge is -2.04. The molecule has 1 aromatic rings. The molecule has 1 aromatic heterocycles. The van der Waals surface area contributed by atoms with Crippen molar-refractivity contribution in [3.8, 4) is 0 Å². The molecular formula is C8H12N2OS. The predicted molar refractivity (Wildman–Crippen MR) is 50.8 cm³/mol. The molecular weight excluding hydrogens is 172 g/mol. The van der Waals surface area contributed by atoms with E-state index in [4.69, 9.17) is 0 Å². The molecule has 0 spiro atoms. The fourth-order valence-electron chi connectivity index (χ4n) is 0.821. The standard InChI is InChI=1S/C8H12N2OS/c1-10(2)8-9-6-7(12-8)4-3-5-11/h5-6H,3-4H2,1-2H3. The monoisotopic (exact) mass is 184 g/mol. The zero-order valence-electron chi connectivity index (χ0n) is 7.28. The van der Waals surface area contributed by atoms with E-state index in [0.717, 1.165) is 17.8 Å². The van der Waals surface area contributed by atoms with Crippen LogP contribution in [0.4, 0.5) is 5.13 Å². The average molecular weight is 184 g/mol. The van der Waals surface area contributed by atoms with E-state index in [-0.39, 0.29) is 0 Å². The molecule has 0 bridgehead atoms. The zero-order valence-corrected chi connectivity index (χ0v) is 8.10. The van der Waals surface area contributed by atoms with E-state index in [9.17, 15) is 4.79 Å². The summed E-state index contributed by atoms with van der Waals surface area (Å²) in [7, 11) is 3.92. The Kier molecular flexibility index (Phi) is 3.22. The molecule has 12 heavy (non-hydrogen) atoms. The van der Waals surface area contributed by atoms with E-state index in [1.165, 1.54) is 4.88 Å². The third-order valence-electron chi connectivity index (χ3n) is 1.43. The van der Waals surface area contributed by atoms with Gasteiger partial charge in [0.15, 0.2) is 5.13 Å². The molecule has 4 heteroatoms. The lowest BCUT2D eigenvalue weighted by molar-refractivity contribution is -0.107. The Labute approximate surface area is 76.0 Å². The molecule has 0 aliphatic heterocycles. The summed E-state index contributed by atoms with van der Waals surface area (Å²) in [6, 6.07) is 0. The number of rotatable bonds is 4. The maximum absolute atomic E-state index is 10.1. The quantitative estimate of drug-likeness (QED) is 0.662. The minimum Gasteiger partial charge on any atom is -0.354 e. The van der Waals surface area contributed by atoms with Crippen LogP contribution in [0, 0.1) is 0 Å². The van der Waals surface area contributed by atoms with Crippen molar-refractivity contribution in [1.82, 2.24) is 4.98 Å². The summed E-state index contributed by atoms with van der Waals surface area (Å²) in [5, 5.41) is 0.996. The first kappa shape index (κ1) is 9.19. The molecule has 0 radical (unpaired) electrons. The Morgan fingerprint density at radius 2 is 2.42 bits per heavy atom. The summed E-state index contributed by atoms with van der Waals surface area (Å²) in [6.45, 7) is 0. The molecule has 0 fully saturated rings. The summed E-state index contributed by atoms with van der Waals surface area (Å²) in [6.07, 6.45) is 4.18. The number of thiazole rings is 1. The molecule has 0 aliphatic carbocycles. The molecule has 0 unspecified atom stereocenters. The zero-order chi connectivity index (χ0) is 8.97. The fourth-order valence-corrected chi connectivity index (χ4v) is 1.67. The van der Waals surface area contributed by atoms with Crippen molar-refractivity contribution in [3.05, 3.63) is 11.1 Å². The maximum Gasteiger partial charge on any atom is 0.184 e. The number of hydrogen-bond acceptors (Lipinski definition) is 4. The SMILES string of the molecule is CN(C)c1ncc(CCC=O)s1. The first-order valence-corrected chi connectivity index (χ1v) is 4.61. The van der Waals surface area contributed by atoms with Crippen LogP contribution < -0.4 is 4.90 Å². The third kappa shape index (κ3) is 2.30. The molecule has 0 aromatic carbocycles. The Hall–Kier alpha value is -0.900. The van der Waals surface area contributed by atoms with Crippen LogP contribution >= 0.6 is 11.3 Å². The van der Waals surface area contributed by atoms with Gasteiger partial charge in [-0.15, -0.1) is 11.3 Å². The van der Waals surface area contributed by atoms with Crippen LogP contribution in [0.15, 0.2) is 6.20 Å². The van der Waals surface area contributed by atoms with Gasteiger partial charge in [-0.2, -0.15) is 0 Å². The van der Waals surface area contributed by atoms with Crippen molar-refractivity contribution in [1.29, 1.82) is 0 Å². The van der Waals surface area contributed by atoms with E-state index >= 15 is 0 Å². The highest BCUT2D eigenvalue weighted by Gasteiger charge is 2.02. The first-order chi connectivity index (χ1) is 5.74. The van der Waals surface area contributed by atoms with Crippen LogP contribution in [0.2, 0.25) is 0 Å². The Morgan fingerprint density at radius 3 is 2.92 bits per heavy atom. The van der Waals surface area contributed by atoms with Crippen molar-refractivity contribution in [2.45, 2.75) is 12.8 Å². The van der Waals surface area contributed by atoms with Gasteiger partial charge in [0, 0.05) is 31.6 Å². The van der Waals surface area contributed by atoms with Gasteiger partial charge < -0.3 is 9.69 Å². The molecule has 1 heterocycles. The molecule has 0 amide bonds. The van der Waals surface area contributed by atoms with Gasteiger partial charge >= 0.3 is 0 Å². The summed E-state index contributed by atoms with van der Waals surface area (Å²) < 4.78 is 0. The van der Waals surface area contributed by atoms with Crippen LogP contribution in [0.5, 0.6) is 0 Å². The van der Waals surface area contributed by atoms with Crippen molar-refractivity contribution in [2.75, 3.05) is 19.0 Å². The van der Waals surface area contributed by atoms with Crippen molar-refractivity contribution < 1.29 is 4.79 Å². The molecule has 0 atom stereocenters. The predicted octanol–water partition coefficient (Wildman–Crippen LogP) is 1.34. The summed E-state index contributed by atoms with van der Waals surface area (Å²) in [5.41, 5.74) is 0. The number of anilines is 1. The number of nitrogens with zero attached hydrogens (tertiary/aromatic N) is 2. The third-order valence-corrected chi connectivity index (χ3v) is 2.66. The van der Waals surface area contributed by atoms with E-state index in [1.54, 1.807) is 11.3 Å². The van der Waals surface area contributed by atoms with E-state index in [1.807, 2.05) is 25.2 Å². The van der Waals surface area contributed by atoms with E-state index < -0.39 is 0 Å². The number of aromatic nitrogens is 1. The van der Waals surface area contributed by atoms with Gasteiger partial charge in [-0.25, -0.2) is 4.98 Å². The second-order valence-corrected chi connectivity index (χ2v) is 3.80. The molecule has 0 aliphatic rings. The highest BCUT2D eigenvalue weighted by molar-refractivity contribution is 7.15. The van der Waals surface area contributed by atoms with Gasteiger partial charge in [0.25, 0.3) is 0 Å². The van der Waals surface area contributed by atoms with Gasteiger partial charge in [0.2, 0.25) is 0 Å². The minimum absolute atomic E-state index is 0.592. The Balaban J connectivity index is 2.58. The van der Waals surface area contributed by atoms with Gasteiger partial charge in [-0.3, -0.25) is 0 Å². The normalized spacial score (nSPS) is 9.83. The fraction of sp³-hybridized carbons (Fsp3) is 0.500. The van der Waals surface area contributed by atoms with Gasteiger partial charge in [-0.05, 0) is 6.42 Å². The maximum atomic E-state index is 10.1. The van der Waals surface area contributed by atoms with Crippen molar-refractivity contribution >= 4 is 22.8 Å². The van der Waals surface area contributed by atoms with Crippen LogP contribution in [-0.2, 0) is 11.2 Å². The number of hydrogen-bond donors (Lipinski definition) is 0. The van der Waals surface area contributed by atoms with Crippen LogP contribution in [0.3, 0.4) is 0 Å². The second-order valence-electron chi connectivity index (χ2n) is 2.71. The molecule has 0 saturated carbocycles. The van der Waals surface area contributed by atoms with Crippen LogP contribution in [0.1, 0.15) is 11.3 Å². The summed E-state index contributed by atoms with van der Waals surface area (Å²) in [4.78, 5) is 17.4. The molecule has 1 rings (SSSR count). The van der Waals surface area contributed by atoms with Gasteiger partial charge in [-0.1, -0.05) is 0 Å². The molecule has 0 N–H and O–H groups in total. The highest BCUT2D eigenvalue weighted by atomic mass is 32.1. The second kappa shape index (κ2) is 4.21. The lowest BCUT2D eigenvalue weighted by Crippen LogP contribution is -2.07. The summed E-state index contributed by atoms with van der Waals surface area (Å²) >= 11 is 1.64. The lowest BCUT2D eigenvalue weighted by atomic mass is 10.3. The topological polar surface area (TPSA) is 33.2 Å². The number of carbonyl (C=O) groups excluding carboxylic acids is 1. The number of aldehydes is 1. The van der Waals surface area contributed by atoms with Gasteiger partial charge in [0.1, 0.15) is 6.29 Å². The Morgan fingerprint density at radius 1 is 1.67 bits per heavy atom. The number of carbonyl (C=O) groups is 1. The van der Waals surface area contributed by atoms with E-state index in [2.05, 4.69) is 4.98 Å². The van der Waals surface area contributed by atoms with Crippen LogP contribution in [-0.4, -0.2) is 25.4 Å². The van der Waals surface area contributed by atoms with E-state index in [0.29, 0.717) is 6.42 Å². The largest absolute Gasteiger partial charge is 0.354 e. The van der Waals surface area contributed by atoms with Crippen molar-refractivity contribution in [3.63, 3.8) is 0 Å². The van der Waals surface area contributed by atoms with Crippen LogP contribution in [0.25, 0.3) is 0 Å². The molecule has 0 saturated heterocycles. The Bertz CT molecular complexity index is 257. The van der Waals surface area contributed by atoms with Gasteiger partial charge in [0.05, 0.1) is 0 Å². The number of aryl methyl sites for hydroxylation is 1. The minimum atomic E-state index is 0.592. The van der Waals surface area contributed by atoms with Crippen molar-refractivity contribution in [2.24, 2.45) is 0 Å². The summed E-state index contributed by atoms with van der Waals surface area (Å²) in [5.74, 6) is 0.